The maximum Gasteiger partial charge on any atom is 0.320 e. The summed E-state index contributed by atoms with van der Waals surface area (Å²) < 4.78 is 4.70. The van der Waals surface area contributed by atoms with Gasteiger partial charge in [0.2, 0.25) is 5.91 Å². The van der Waals surface area contributed by atoms with E-state index in [0.29, 0.717) is 17.9 Å². The topological polar surface area (TPSA) is 89.8 Å². The summed E-state index contributed by atoms with van der Waals surface area (Å²) in [4.78, 5) is 35.8. The van der Waals surface area contributed by atoms with E-state index in [2.05, 4.69) is 0 Å². The predicted octanol–water partition coefficient (Wildman–Crippen LogP) is 1.72. The van der Waals surface area contributed by atoms with Crippen molar-refractivity contribution in [3.8, 4) is 0 Å². The monoisotopic (exact) mass is 336 g/mol. The molecule has 1 fully saturated rings. The fourth-order valence-electron chi connectivity index (χ4n) is 2.18. The number of carbonyl (C=O) groups is 2. The van der Waals surface area contributed by atoms with Crippen molar-refractivity contribution in [1.29, 1.82) is 0 Å². The minimum atomic E-state index is -0.491. The second-order valence-electron chi connectivity index (χ2n) is 4.82. The van der Waals surface area contributed by atoms with Gasteiger partial charge in [-0.3, -0.25) is 19.7 Å². The Morgan fingerprint density at radius 3 is 2.87 bits per heavy atom. The molecule has 1 aromatic rings. The lowest BCUT2D eigenvalue weighted by Crippen LogP contribution is -2.44. The van der Waals surface area contributed by atoms with Crippen LogP contribution in [0.25, 0.3) is 6.08 Å². The molecule has 1 aromatic carbocycles. The number of para-hydroxylation sites is 1. The van der Waals surface area contributed by atoms with Crippen LogP contribution in [0.5, 0.6) is 0 Å². The van der Waals surface area contributed by atoms with Crippen LogP contribution in [0, 0.1) is 10.1 Å². The summed E-state index contributed by atoms with van der Waals surface area (Å²) >= 11 is 1.46. The summed E-state index contributed by atoms with van der Waals surface area (Å²) in [5.74, 6) is 0.0118. The third kappa shape index (κ3) is 4.32. The van der Waals surface area contributed by atoms with E-state index in [1.54, 1.807) is 23.1 Å². The van der Waals surface area contributed by atoms with E-state index in [9.17, 15) is 19.7 Å². The Bertz CT molecular complexity index is 647. The number of nitro benzene ring substituents is 1. The van der Waals surface area contributed by atoms with Gasteiger partial charge in [0.25, 0.3) is 5.69 Å². The normalized spacial score (nSPS) is 18.0. The highest BCUT2D eigenvalue weighted by Crippen LogP contribution is 2.21. The lowest BCUT2D eigenvalue weighted by atomic mass is 10.1. The van der Waals surface area contributed by atoms with Crippen molar-refractivity contribution in [2.45, 2.75) is 5.25 Å². The number of hydrogen-bond donors (Lipinski definition) is 0. The van der Waals surface area contributed by atoms with E-state index in [1.165, 1.54) is 37.1 Å². The number of amides is 1. The minimum Gasteiger partial charge on any atom is -0.468 e. The summed E-state index contributed by atoms with van der Waals surface area (Å²) in [5, 5.41) is 10.5. The number of rotatable bonds is 4. The molecule has 1 aliphatic rings. The van der Waals surface area contributed by atoms with Crippen molar-refractivity contribution in [2.24, 2.45) is 0 Å². The van der Waals surface area contributed by atoms with E-state index in [1.807, 2.05) is 0 Å². The molecule has 1 atom stereocenters. The molecule has 1 aliphatic heterocycles. The molecule has 7 nitrogen and oxygen atoms in total. The van der Waals surface area contributed by atoms with Crippen LogP contribution in [-0.2, 0) is 14.3 Å². The molecule has 122 valence electrons. The quantitative estimate of drug-likeness (QED) is 0.360. The minimum absolute atomic E-state index is 0.0572. The van der Waals surface area contributed by atoms with Crippen LogP contribution in [0.4, 0.5) is 5.69 Å². The van der Waals surface area contributed by atoms with Gasteiger partial charge in [-0.2, -0.15) is 0 Å². The van der Waals surface area contributed by atoms with Crippen molar-refractivity contribution < 1.29 is 19.2 Å². The average molecular weight is 336 g/mol. The molecule has 8 heteroatoms. The van der Waals surface area contributed by atoms with Gasteiger partial charge in [-0.15, -0.1) is 11.8 Å². The molecular formula is C15H16N2O5S. The zero-order chi connectivity index (χ0) is 16.8. The van der Waals surface area contributed by atoms with Crippen molar-refractivity contribution >= 4 is 35.4 Å². The second kappa shape index (κ2) is 7.77. The molecule has 2 rings (SSSR count). The Morgan fingerprint density at radius 2 is 2.17 bits per heavy atom. The van der Waals surface area contributed by atoms with Crippen molar-refractivity contribution in [1.82, 2.24) is 4.90 Å². The van der Waals surface area contributed by atoms with Gasteiger partial charge >= 0.3 is 5.97 Å². The van der Waals surface area contributed by atoms with E-state index >= 15 is 0 Å². The van der Waals surface area contributed by atoms with Crippen molar-refractivity contribution in [3.63, 3.8) is 0 Å². The number of nitrogens with zero attached hydrogens (tertiary/aromatic N) is 2. The summed E-state index contributed by atoms with van der Waals surface area (Å²) in [6.07, 6.45) is 2.72. The van der Waals surface area contributed by atoms with Crippen molar-refractivity contribution in [3.05, 3.63) is 46.0 Å². The molecule has 1 amide bonds. The van der Waals surface area contributed by atoms with E-state index in [-0.39, 0.29) is 24.1 Å². The Balaban J connectivity index is 2.07. The van der Waals surface area contributed by atoms with Crippen molar-refractivity contribution in [2.75, 3.05) is 26.0 Å². The number of thioether (sulfide) groups is 1. The van der Waals surface area contributed by atoms with Crippen LogP contribution in [0.1, 0.15) is 5.56 Å². The number of esters is 1. The standard InChI is InChI=1S/C15H16N2O5S/c1-22-15(19)13-10-16(8-9-23-13)14(18)7-6-11-4-2-3-5-12(11)17(20)21/h2-7,13H,8-10H2,1H3/b7-6+/t13-/m1/s1. The smallest absolute Gasteiger partial charge is 0.320 e. The van der Waals surface area contributed by atoms with E-state index in [0.717, 1.165) is 0 Å². The first-order valence-corrected chi connectivity index (χ1v) is 7.97. The molecule has 1 heterocycles. The van der Waals surface area contributed by atoms with Crippen LogP contribution in [-0.4, -0.2) is 52.9 Å². The molecule has 0 aromatic heterocycles. The lowest BCUT2D eigenvalue weighted by molar-refractivity contribution is -0.385. The first-order chi connectivity index (χ1) is 11.0. The molecule has 1 saturated heterocycles. The third-order valence-electron chi connectivity index (χ3n) is 3.38. The summed E-state index contributed by atoms with van der Waals surface area (Å²) in [6.45, 7) is 0.801. The second-order valence-corrected chi connectivity index (χ2v) is 6.13. The summed E-state index contributed by atoms with van der Waals surface area (Å²) in [7, 11) is 1.32. The van der Waals surface area contributed by atoms with Gasteiger partial charge in [-0.05, 0) is 12.1 Å². The van der Waals surface area contributed by atoms with Crippen LogP contribution in [0.3, 0.4) is 0 Å². The third-order valence-corrected chi connectivity index (χ3v) is 4.54. The first kappa shape index (κ1) is 17.0. The number of benzene rings is 1. The lowest BCUT2D eigenvalue weighted by Gasteiger charge is -2.30. The summed E-state index contributed by atoms with van der Waals surface area (Å²) in [5.41, 5.74) is 0.305. The Kier molecular flexibility index (Phi) is 5.75. The first-order valence-electron chi connectivity index (χ1n) is 6.92. The van der Waals surface area contributed by atoms with Crippen LogP contribution >= 0.6 is 11.8 Å². The van der Waals surface area contributed by atoms with Crippen LogP contribution in [0.2, 0.25) is 0 Å². The van der Waals surface area contributed by atoms with Crippen LogP contribution < -0.4 is 0 Å². The molecule has 0 aliphatic carbocycles. The number of methoxy groups -OCH3 is 1. The molecule has 0 bridgehead atoms. The molecular weight excluding hydrogens is 320 g/mol. The van der Waals surface area contributed by atoms with E-state index in [4.69, 9.17) is 4.74 Å². The maximum atomic E-state index is 12.2. The maximum absolute atomic E-state index is 12.2. The molecule has 23 heavy (non-hydrogen) atoms. The zero-order valence-electron chi connectivity index (χ0n) is 12.5. The highest BCUT2D eigenvalue weighted by atomic mass is 32.2. The molecule has 0 spiro atoms. The highest BCUT2D eigenvalue weighted by Gasteiger charge is 2.28. The molecule has 0 unspecified atom stereocenters. The van der Waals surface area contributed by atoms with Gasteiger partial charge in [0.15, 0.2) is 0 Å². The largest absolute Gasteiger partial charge is 0.468 e. The number of hydrogen-bond acceptors (Lipinski definition) is 6. The summed E-state index contributed by atoms with van der Waals surface area (Å²) in [6, 6.07) is 6.20. The fraction of sp³-hybridized carbons (Fsp3) is 0.333. The van der Waals surface area contributed by atoms with Gasteiger partial charge in [0.05, 0.1) is 17.6 Å². The van der Waals surface area contributed by atoms with Gasteiger partial charge in [0, 0.05) is 31.0 Å². The molecule has 0 saturated carbocycles. The van der Waals surface area contributed by atoms with Gasteiger partial charge in [-0.25, -0.2) is 0 Å². The fourth-order valence-corrected chi connectivity index (χ4v) is 3.31. The number of nitro groups is 1. The Labute approximate surface area is 137 Å². The zero-order valence-corrected chi connectivity index (χ0v) is 13.3. The average Bonchev–Trinajstić information content (AvgIpc) is 2.59. The SMILES string of the molecule is COC(=O)[C@H]1CN(C(=O)/C=C/c2ccccc2[N+](=O)[O-])CCS1. The predicted molar refractivity (Wildman–Crippen MR) is 87.0 cm³/mol. The van der Waals surface area contributed by atoms with Gasteiger partial charge in [-0.1, -0.05) is 12.1 Å². The van der Waals surface area contributed by atoms with Gasteiger partial charge in [0.1, 0.15) is 5.25 Å². The molecule has 0 N–H and O–H groups in total. The van der Waals surface area contributed by atoms with Gasteiger partial charge < -0.3 is 9.64 Å². The molecule has 0 radical (unpaired) electrons. The van der Waals surface area contributed by atoms with E-state index < -0.39 is 10.2 Å². The van der Waals surface area contributed by atoms with Crippen LogP contribution in [0.15, 0.2) is 30.3 Å². The number of ether oxygens (including phenoxy) is 1. The number of carbonyl (C=O) groups excluding carboxylic acids is 2. The Morgan fingerprint density at radius 1 is 1.43 bits per heavy atom. The Hall–Kier alpha value is -2.35. The highest BCUT2D eigenvalue weighted by molar-refractivity contribution is 8.00.